The van der Waals surface area contributed by atoms with E-state index in [0.717, 1.165) is 20.9 Å². The number of halogens is 2. The molecule has 0 aliphatic heterocycles. The monoisotopic (exact) mass is 494 g/mol. The minimum absolute atomic E-state index is 0.131. The molecule has 10 heteroatoms. The zero-order valence-corrected chi connectivity index (χ0v) is 19.5. The Kier molecular flexibility index (Phi) is 6.79. The van der Waals surface area contributed by atoms with Gasteiger partial charge in [0, 0.05) is 10.7 Å². The zero-order valence-electron chi connectivity index (χ0n) is 18.8. The molecule has 0 saturated heterocycles. The van der Waals surface area contributed by atoms with E-state index >= 15 is 0 Å². The van der Waals surface area contributed by atoms with Gasteiger partial charge in [-0.3, -0.25) is 14.2 Å². The fourth-order valence-electron chi connectivity index (χ4n) is 3.39. The number of rotatable bonds is 6. The van der Waals surface area contributed by atoms with Gasteiger partial charge >= 0.3 is 5.69 Å². The van der Waals surface area contributed by atoms with Crippen molar-refractivity contribution in [2.45, 2.75) is 13.5 Å². The minimum atomic E-state index is -0.902. The number of aryl methyl sites for hydroxylation is 1. The lowest BCUT2D eigenvalue weighted by Gasteiger charge is -2.13. The molecule has 178 valence electrons. The summed E-state index contributed by atoms with van der Waals surface area (Å²) in [7, 11) is 1.50. The molecule has 1 heterocycles. The third-order valence-electron chi connectivity index (χ3n) is 5.23. The molecule has 8 nitrogen and oxygen atoms in total. The SMILES string of the molecule is COc1cccc(Cn2c(=O)c(C(=O)Nc3cccc(F)c3)nn(-c3ccc(C)c(Cl)c3)c2=O)c1. The lowest BCUT2D eigenvalue weighted by molar-refractivity contribution is 0.101. The van der Waals surface area contributed by atoms with E-state index in [0.29, 0.717) is 16.3 Å². The van der Waals surface area contributed by atoms with Crippen LogP contribution in [0.4, 0.5) is 10.1 Å². The van der Waals surface area contributed by atoms with Gasteiger partial charge in [0.05, 0.1) is 19.3 Å². The largest absolute Gasteiger partial charge is 0.497 e. The van der Waals surface area contributed by atoms with Crippen molar-refractivity contribution in [1.29, 1.82) is 0 Å². The molecule has 3 aromatic carbocycles. The van der Waals surface area contributed by atoms with Crippen LogP contribution in [0.5, 0.6) is 5.75 Å². The molecule has 1 N–H and O–H groups in total. The number of methoxy groups -OCH3 is 1. The maximum Gasteiger partial charge on any atom is 0.352 e. The predicted molar refractivity (Wildman–Crippen MR) is 130 cm³/mol. The van der Waals surface area contributed by atoms with Gasteiger partial charge in [-0.05, 0) is 60.5 Å². The molecule has 1 amide bonds. The predicted octanol–water partition coefficient (Wildman–Crippen LogP) is 3.80. The van der Waals surface area contributed by atoms with Crippen molar-refractivity contribution in [2.75, 3.05) is 12.4 Å². The molecule has 0 unspecified atom stereocenters. The summed E-state index contributed by atoms with van der Waals surface area (Å²) in [6.45, 7) is 1.65. The van der Waals surface area contributed by atoms with E-state index in [9.17, 15) is 18.8 Å². The maximum atomic E-state index is 13.6. The lowest BCUT2D eigenvalue weighted by Crippen LogP contribution is -2.45. The van der Waals surface area contributed by atoms with Crippen molar-refractivity contribution in [3.63, 3.8) is 0 Å². The average Bonchev–Trinajstić information content (AvgIpc) is 2.84. The Labute approximate surface area is 204 Å². The third-order valence-corrected chi connectivity index (χ3v) is 5.64. The Balaban J connectivity index is 1.87. The van der Waals surface area contributed by atoms with E-state index in [-0.39, 0.29) is 17.9 Å². The van der Waals surface area contributed by atoms with Gasteiger partial charge in [0.1, 0.15) is 11.6 Å². The van der Waals surface area contributed by atoms with Crippen LogP contribution in [0.1, 0.15) is 21.6 Å². The quantitative estimate of drug-likeness (QED) is 0.440. The number of nitrogens with one attached hydrogen (secondary N) is 1. The summed E-state index contributed by atoms with van der Waals surface area (Å²) in [5.41, 5.74) is -0.442. The number of anilines is 1. The third kappa shape index (κ3) is 5.15. The number of ether oxygens (including phenoxy) is 1. The van der Waals surface area contributed by atoms with E-state index < -0.39 is 28.7 Å². The van der Waals surface area contributed by atoms with Gasteiger partial charge < -0.3 is 10.1 Å². The Morgan fingerprint density at radius 2 is 1.86 bits per heavy atom. The van der Waals surface area contributed by atoms with Crippen molar-refractivity contribution in [3.05, 3.63) is 115 Å². The van der Waals surface area contributed by atoms with Gasteiger partial charge in [-0.25, -0.2) is 9.18 Å². The standard InChI is InChI=1S/C25H20ClFN4O4/c1-15-9-10-19(13-21(15)26)31-25(34)30(14-16-5-3-8-20(11-16)35-2)24(33)22(29-31)23(32)28-18-7-4-6-17(27)12-18/h3-13H,14H2,1-2H3,(H,28,32). The molecule has 0 saturated carbocycles. The topological polar surface area (TPSA) is 95.2 Å². The number of aromatic nitrogens is 3. The van der Waals surface area contributed by atoms with Crippen LogP contribution in [0.25, 0.3) is 5.69 Å². The summed E-state index contributed by atoms with van der Waals surface area (Å²) < 4.78 is 20.6. The van der Waals surface area contributed by atoms with E-state index in [4.69, 9.17) is 16.3 Å². The highest BCUT2D eigenvalue weighted by Gasteiger charge is 2.21. The second kappa shape index (κ2) is 9.94. The Hall–Kier alpha value is -4.24. The Bertz CT molecular complexity index is 1550. The van der Waals surface area contributed by atoms with Gasteiger partial charge in [-0.2, -0.15) is 9.78 Å². The highest BCUT2D eigenvalue weighted by atomic mass is 35.5. The smallest absolute Gasteiger partial charge is 0.352 e. The summed E-state index contributed by atoms with van der Waals surface area (Å²) in [4.78, 5) is 39.6. The summed E-state index contributed by atoms with van der Waals surface area (Å²) in [5, 5.41) is 6.88. The van der Waals surface area contributed by atoms with Gasteiger partial charge in [-0.1, -0.05) is 35.9 Å². The van der Waals surface area contributed by atoms with Gasteiger partial charge in [-0.15, -0.1) is 0 Å². The summed E-state index contributed by atoms with van der Waals surface area (Å²) in [6, 6.07) is 16.8. The highest BCUT2D eigenvalue weighted by Crippen LogP contribution is 2.18. The maximum absolute atomic E-state index is 13.6. The first-order chi connectivity index (χ1) is 16.8. The van der Waals surface area contributed by atoms with Crippen LogP contribution in [-0.4, -0.2) is 27.4 Å². The second-order valence-corrected chi connectivity index (χ2v) is 8.09. The Morgan fingerprint density at radius 1 is 1.09 bits per heavy atom. The molecule has 0 atom stereocenters. The van der Waals surface area contributed by atoms with E-state index in [1.165, 1.54) is 31.4 Å². The van der Waals surface area contributed by atoms with Crippen molar-refractivity contribution in [1.82, 2.24) is 14.3 Å². The second-order valence-electron chi connectivity index (χ2n) is 7.68. The number of nitrogens with zero attached hydrogens (tertiary/aromatic N) is 3. The van der Waals surface area contributed by atoms with E-state index in [2.05, 4.69) is 10.4 Å². The number of carbonyl (C=O) groups is 1. The summed E-state index contributed by atoms with van der Waals surface area (Å²) in [5.74, 6) is -0.920. The molecule has 0 spiro atoms. The van der Waals surface area contributed by atoms with Crippen LogP contribution in [0.3, 0.4) is 0 Å². The van der Waals surface area contributed by atoms with Crippen LogP contribution >= 0.6 is 11.6 Å². The van der Waals surface area contributed by atoms with Crippen LogP contribution in [0.2, 0.25) is 5.02 Å². The first kappa shape index (κ1) is 23.9. The summed E-state index contributed by atoms with van der Waals surface area (Å²) in [6.07, 6.45) is 0. The van der Waals surface area contributed by atoms with Gasteiger partial charge in [0.2, 0.25) is 5.69 Å². The Morgan fingerprint density at radius 3 is 2.57 bits per heavy atom. The number of amides is 1. The highest BCUT2D eigenvalue weighted by molar-refractivity contribution is 6.31. The molecule has 0 aliphatic rings. The molecule has 0 bridgehead atoms. The van der Waals surface area contributed by atoms with Crippen LogP contribution in [0, 0.1) is 12.7 Å². The van der Waals surface area contributed by atoms with Crippen molar-refractivity contribution >= 4 is 23.2 Å². The molecule has 4 aromatic rings. The molecular weight excluding hydrogens is 475 g/mol. The number of hydrogen-bond acceptors (Lipinski definition) is 5. The van der Waals surface area contributed by atoms with Crippen LogP contribution < -0.4 is 21.3 Å². The van der Waals surface area contributed by atoms with Gasteiger partial charge in [0.25, 0.3) is 11.5 Å². The molecular formula is C25H20ClFN4O4. The fraction of sp³-hybridized carbons (Fsp3) is 0.120. The van der Waals surface area contributed by atoms with E-state index in [1.807, 2.05) is 0 Å². The summed E-state index contributed by atoms with van der Waals surface area (Å²) >= 11 is 6.23. The first-order valence-corrected chi connectivity index (χ1v) is 10.8. The normalized spacial score (nSPS) is 10.7. The zero-order chi connectivity index (χ0) is 25.1. The van der Waals surface area contributed by atoms with Gasteiger partial charge in [0.15, 0.2) is 0 Å². The van der Waals surface area contributed by atoms with Crippen molar-refractivity contribution < 1.29 is 13.9 Å². The number of hydrogen-bond donors (Lipinski definition) is 1. The molecule has 0 fully saturated rings. The van der Waals surface area contributed by atoms with Crippen molar-refractivity contribution in [3.8, 4) is 11.4 Å². The molecule has 0 radical (unpaired) electrons. The van der Waals surface area contributed by atoms with Crippen LogP contribution in [-0.2, 0) is 6.54 Å². The minimum Gasteiger partial charge on any atom is -0.497 e. The number of carbonyl (C=O) groups excluding carboxylic acids is 1. The molecule has 0 aliphatic carbocycles. The fourth-order valence-corrected chi connectivity index (χ4v) is 3.56. The molecule has 35 heavy (non-hydrogen) atoms. The van der Waals surface area contributed by atoms with Crippen molar-refractivity contribution in [2.24, 2.45) is 0 Å². The molecule has 4 rings (SSSR count). The number of benzene rings is 3. The average molecular weight is 495 g/mol. The first-order valence-electron chi connectivity index (χ1n) is 10.5. The van der Waals surface area contributed by atoms with Crippen LogP contribution in [0.15, 0.2) is 76.3 Å². The van der Waals surface area contributed by atoms with E-state index in [1.54, 1.807) is 43.3 Å². The molecule has 1 aromatic heterocycles. The lowest BCUT2D eigenvalue weighted by atomic mass is 10.2.